The van der Waals surface area contributed by atoms with Crippen LogP contribution < -0.4 is 5.32 Å². The van der Waals surface area contributed by atoms with Gasteiger partial charge in [-0.15, -0.1) is 0 Å². The van der Waals surface area contributed by atoms with Crippen LogP contribution in [0.3, 0.4) is 0 Å². The molecule has 3 fully saturated rings. The molecule has 0 aromatic rings. The van der Waals surface area contributed by atoms with Gasteiger partial charge in [-0.25, -0.2) is 0 Å². The van der Waals surface area contributed by atoms with Crippen molar-refractivity contribution in [2.75, 3.05) is 26.4 Å². The number of aliphatic hydroxyl groups excluding tert-OH is 11. The molecule has 95 heavy (non-hydrogen) atoms. The molecule has 19 heteroatoms. The molecule has 0 bridgehead atoms. The maximum Gasteiger partial charge on any atom is 0.220 e. The van der Waals surface area contributed by atoms with E-state index in [-0.39, 0.29) is 18.9 Å². The molecular formula is C76H145NO18. The van der Waals surface area contributed by atoms with Crippen LogP contribution in [0.1, 0.15) is 335 Å². The largest absolute Gasteiger partial charge is 0.394 e. The van der Waals surface area contributed by atoms with Gasteiger partial charge in [0, 0.05) is 6.42 Å². The Labute approximate surface area is 576 Å². The highest BCUT2D eigenvalue weighted by Crippen LogP contribution is 2.33. The monoisotopic (exact) mass is 1360 g/mol. The predicted molar refractivity (Wildman–Crippen MR) is 374 cm³/mol. The molecule has 1 amide bonds. The normalized spacial score (nSPS) is 27.2. The van der Waals surface area contributed by atoms with E-state index in [9.17, 15) is 61.0 Å². The minimum absolute atomic E-state index is 0.250. The Hall–Kier alpha value is -1.47. The van der Waals surface area contributed by atoms with Crippen LogP contribution in [0.25, 0.3) is 0 Å². The molecule has 0 saturated carbocycles. The van der Waals surface area contributed by atoms with Gasteiger partial charge in [0.1, 0.15) is 73.2 Å². The quantitative estimate of drug-likeness (QED) is 0.0199. The number of nitrogens with one attached hydrogen (secondary N) is 1. The lowest BCUT2D eigenvalue weighted by Crippen LogP contribution is -2.66. The van der Waals surface area contributed by atoms with Gasteiger partial charge in [0.25, 0.3) is 0 Å². The van der Waals surface area contributed by atoms with Crippen molar-refractivity contribution in [3.05, 3.63) is 12.2 Å². The van der Waals surface area contributed by atoms with E-state index in [1.807, 2.05) is 6.08 Å². The number of hydrogen-bond donors (Lipinski definition) is 12. The minimum Gasteiger partial charge on any atom is -0.394 e. The molecule has 0 aromatic carbocycles. The number of carbonyl (C=O) groups is 1. The molecule has 562 valence electrons. The number of unbranched alkanes of at least 4 members (excludes halogenated alkanes) is 47. The van der Waals surface area contributed by atoms with Crippen molar-refractivity contribution in [2.24, 2.45) is 0 Å². The summed E-state index contributed by atoms with van der Waals surface area (Å²) in [6.45, 7) is 1.80. The van der Waals surface area contributed by atoms with Gasteiger partial charge in [-0.2, -0.15) is 0 Å². The smallest absolute Gasteiger partial charge is 0.220 e. The van der Waals surface area contributed by atoms with Crippen LogP contribution in [-0.2, 0) is 33.2 Å². The number of rotatable bonds is 63. The summed E-state index contributed by atoms with van der Waals surface area (Å²) < 4.78 is 34.5. The van der Waals surface area contributed by atoms with E-state index in [0.29, 0.717) is 6.42 Å². The number of carbonyl (C=O) groups excluding carboxylic acids is 1. The predicted octanol–water partition coefficient (Wildman–Crippen LogP) is 12.4. The summed E-state index contributed by atoms with van der Waals surface area (Å²) in [5.74, 6) is -0.267. The Morgan fingerprint density at radius 1 is 0.368 bits per heavy atom. The lowest BCUT2D eigenvalue weighted by molar-refractivity contribution is -0.379. The molecule has 3 saturated heterocycles. The highest BCUT2D eigenvalue weighted by molar-refractivity contribution is 5.76. The summed E-state index contributed by atoms with van der Waals surface area (Å²) in [6, 6.07) is -0.970. The second kappa shape index (κ2) is 58.1. The van der Waals surface area contributed by atoms with Crippen molar-refractivity contribution in [2.45, 2.75) is 439 Å². The van der Waals surface area contributed by atoms with Crippen molar-refractivity contribution in [1.29, 1.82) is 0 Å². The molecule has 12 N–H and O–H groups in total. The first-order chi connectivity index (χ1) is 46.3. The number of allylic oxidation sites excluding steroid dienone is 1. The fourth-order valence-electron chi connectivity index (χ4n) is 13.7. The Bertz CT molecular complexity index is 1770. The van der Waals surface area contributed by atoms with Crippen LogP contribution in [0.4, 0.5) is 0 Å². The third-order valence-corrected chi connectivity index (χ3v) is 20.1. The first-order valence-corrected chi connectivity index (χ1v) is 39.4. The summed E-state index contributed by atoms with van der Waals surface area (Å²) in [4.78, 5) is 13.5. The van der Waals surface area contributed by atoms with Crippen LogP contribution >= 0.6 is 0 Å². The molecule has 0 aliphatic carbocycles. The molecule has 0 aromatic heterocycles. The summed E-state index contributed by atoms with van der Waals surface area (Å²) in [6.07, 6.45) is 40.5. The summed E-state index contributed by atoms with van der Waals surface area (Å²) in [5.41, 5.74) is 0. The van der Waals surface area contributed by atoms with Crippen molar-refractivity contribution in [1.82, 2.24) is 5.32 Å². The van der Waals surface area contributed by atoms with Crippen molar-refractivity contribution < 1.29 is 89.4 Å². The van der Waals surface area contributed by atoms with Gasteiger partial charge < -0.3 is 89.9 Å². The topological polar surface area (TPSA) is 307 Å². The molecule has 0 spiro atoms. The lowest BCUT2D eigenvalue weighted by atomic mass is 9.96. The van der Waals surface area contributed by atoms with Crippen LogP contribution in [0, 0.1) is 0 Å². The van der Waals surface area contributed by atoms with Gasteiger partial charge in [-0.3, -0.25) is 4.79 Å². The van der Waals surface area contributed by atoms with Gasteiger partial charge in [0.15, 0.2) is 18.9 Å². The maximum absolute atomic E-state index is 13.5. The molecule has 17 unspecified atom stereocenters. The van der Waals surface area contributed by atoms with Crippen molar-refractivity contribution >= 4 is 5.91 Å². The summed E-state index contributed by atoms with van der Waals surface area (Å²) in [7, 11) is 0. The highest BCUT2D eigenvalue weighted by atomic mass is 16.8. The minimum atomic E-state index is -1.98. The van der Waals surface area contributed by atoms with Gasteiger partial charge in [0.05, 0.1) is 38.6 Å². The maximum atomic E-state index is 13.5. The van der Waals surface area contributed by atoms with Crippen molar-refractivity contribution in [3.63, 3.8) is 0 Å². The van der Waals surface area contributed by atoms with Crippen LogP contribution in [0.5, 0.6) is 0 Å². The van der Waals surface area contributed by atoms with Crippen LogP contribution in [-0.4, -0.2) is 193 Å². The lowest BCUT2D eigenvalue weighted by Gasteiger charge is -2.48. The van der Waals surface area contributed by atoms with E-state index < -0.39 is 124 Å². The Kier molecular flexibility index (Phi) is 53.6. The first kappa shape index (κ1) is 87.7. The molecular weight excluding hydrogens is 1210 g/mol. The first-order valence-electron chi connectivity index (χ1n) is 39.4. The average molecular weight is 1360 g/mol. The summed E-state index contributed by atoms with van der Waals surface area (Å²) in [5, 5.41) is 121. The van der Waals surface area contributed by atoms with Gasteiger partial charge in [0.2, 0.25) is 5.91 Å². The number of aliphatic hydroxyl groups is 11. The second-order valence-corrected chi connectivity index (χ2v) is 28.5. The van der Waals surface area contributed by atoms with Gasteiger partial charge >= 0.3 is 0 Å². The molecule has 0 radical (unpaired) electrons. The number of hydrogen-bond acceptors (Lipinski definition) is 18. The molecule has 19 nitrogen and oxygen atoms in total. The average Bonchev–Trinajstić information content (AvgIpc) is 0.787. The SMILES string of the molecule is CCCCCCCCCCCCCCCCCCCCCCCCC/C=C/C(O)C(COC1OC(CO)C(OC2OC(CO)C(OC3OC(CO)C(O)C(O)C3O)C(O)C2O)C(O)C1O)NC(=O)CCCCCCCCCCCCCCCCCCCCCCCCCCC. The Morgan fingerprint density at radius 2 is 0.653 bits per heavy atom. The standard InChI is InChI=1S/C76H145NO18/c1-3-5-7-9-11-13-15-17-19-21-23-25-27-29-31-33-35-37-39-41-43-45-47-49-51-53-60(81)59(77-64(82)54-52-50-48-46-44-42-40-38-36-34-32-30-28-26-24-22-20-18-16-14-12-10-8-6-4-2)58-90-74-70(88)67(85)72(62(56-79)92-74)95-76-71(89)68(86)73(63(57-80)93-76)94-75-69(87)66(84)65(83)61(55-78)91-75/h51,53,59-63,65-76,78-81,83-89H,3-50,52,54-58H2,1-2H3,(H,77,82)/b53-51+. The zero-order valence-electron chi connectivity index (χ0n) is 59.9. The molecule has 3 aliphatic rings. The van der Waals surface area contributed by atoms with E-state index >= 15 is 0 Å². The third kappa shape index (κ3) is 39.0. The van der Waals surface area contributed by atoms with E-state index in [4.69, 9.17) is 28.4 Å². The Balaban J connectivity index is 1.39. The van der Waals surface area contributed by atoms with E-state index in [0.717, 1.165) is 44.9 Å². The number of ether oxygens (including phenoxy) is 6. The molecule has 3 aliphatic heterocycles. The van der Waals surface area contributed by atoms with Crippen LogP contribution in [0.2, 0.25) is 0 Å². The zero-order valence-corrected chi connectivity index (χ0v) is 59.9. The molecule has 3 heterocycles. The van der Waals surface area contributed by atoms with Gasteiger partial charge in [-0.05, 0) is 19.3 Å². The van der Waals surface area contributed by atoms with E-state index in [1.54, 1.807) is 6.08 Å². The van der Waals surface area contributed by atoms with E-state index in [2.05, 4.69) is 19.2 Å². The highest BCUT2D eigenvalue weighted by Gasteiger charge is 2.53. The second-order valence-electron chi connectivity index (χ2n) is 28.5. The molecule has 3 rings (SSSR count). The fourth-order valence-corrected chi connectivity index (χ4v) is 13.7. The van der Waals surface area contributed by atoms with E-state index in [1.165, 1.54) is 263 Å². The van der Waals surface area contributed by atoms with Gasteiger partial charge in [-0.1, -0.05) is 321 Å². The zero-order chi connectivity index (χ0) is 68.9. The fraction of sp³-hybridized carbons (Fsp3) is 0.961. The third-order valence-electron chi connectivity index (χ3n) is 20.1. The van der Waals surface area contributed by atoms with Crippen molar-refractivity contribution in [3.8, 4) is 0 Å². The number of amides is 1. The Morgan fingerprint density at radius 3 is 0.989 bits per heavy atom. The van der Waals surface area contributed by atoms with Crippen LogP contribution in [0.15, 0.2) is 12.2 Å². The molecule has 17 atom stereocenters. The summed E-state index contributed by atoms with van der Waals surface area (Å²) >= 11 is 0.